The number of halogens is 2. The Hall–Kier alpha value is -2.11. The van der Waals surface area contributed by atoms with E-state index in [9.17, 15) is 13.6 Å². The second-order valence-electron chi connectivity index (χ2n) is 3.22. The van der Waals surface area contributed by atoms with Crippen molar-refractivity contribution in [2.75, 3.05) is 7.11 Å². The van der Waals surface area contributed by atoms with Gasteiger partial charge in [-0.1, -0.05) is 12.7 Å². The van der Waals surface area contributed by atoms with Crippen molar-refractivity contribution >= 4 is 12.0 Å². The van der Waals surface area contributed by atoms with Crippen molar-refractivity contribution in [1.82, 2.24) is 0 Å². The number of esters is 1. The lowest BCUT2D eigenvalue weighted by Gasteiger charge is -2.07. The molecule has 0 radical (unpaired) electrons. The molecule has 1 aliphatic rings. The molecule has 1 aromatic carbocycles. The fraction of sp³-hybridized carbons (Fsp3) is 0.182. The fourth-order valence-electron chi connectivity index (χ4n) is 1.52. The van der Waals surface area contributed by atoms with Crippen molar-refractivity contribution < 1.29 is 27.8 Å². The lowest BCUT2D eigenvalue weighted by atomic mass is 10.1. The maximum absolute atomic E-state index is 12.9. The Morgan fingerprint density at radius 2 is 2.18 bits per heavy atom. The highest BCUT2D eigenvalue weighted by Crippen LogP contribution is 2.44. The monoisotopic (exact) mass is 242 g/mol. The van der Waals surface area contributed by atoms with Crippen LogP contribution in [0.2, 0.25) is 0 Å². The van der Waals surface area contributed by atoms with Gasteiger partial charge in [0, 0.05) is 5.56 Å². The normalized spacial score (nSPS) is 15.5. The first-order chi connectivity index (χ1) is 7.98. The summed E-state index contributed by atoms with van der Waals surface area (Å²) in [6.07, 6.45) is -2.50. The summed E-state index contributed by atoms with van der Waals surface area (Å²) in [7, 11) is 1.19. The SMILES string of the molecule is C=Cc1c(C(=O)OC)ccc2c1OC(F)(F)O2. The number of carbonyl (C=O) groups excluding carboxylic acids is 1. The number of hydrogen-bond donors (Lipinski definition) is 0. The highest BCUT2D eigenvalue weighted by molar-refractivity contribution is 5.95. The van der Waals surface area contributed by atoms with Gasteiger partial charge in [-0.25, -0.2) is 4.79 Å². The average Bonchev–Trinajstić information content (AvgIpc) is 2.60. The summed E-state index contributed by atoms with van der Waals surface area (Å²) >= 11 is 0. The molecule has 0 unspecified atom stereocenters. The van der Waals surface area contributed by atoms with Crippen molar-refractivity contribution in [2.45, 2.75) is 6.29 Å². The minimum absolute atomic E-state index is 0.0857. The molecule has 0 aromatic heterocycles. The third-order valence-corrected chi connectivity index (χ3v) is 2.22. The predicted octanol–water partition coefficient (Wildman–Crippen LogP) is 2.44. The fourth-order valence-corrected chi connectivity index (χ4v) is 1.52. The second-order valence-corrected chi connectivity index (χ2v) is 3.22. The van der Waals surface area contributed by atoms with Gasteiger partial charge < -0.3 is 14.2 Å². The molecule has 17 heavy (non-hydrogen) atoms. The van der Waals surface area contributed by atoms with Crippen molar-refractivity contribution in [1.29, 1.82) is 0 Å². The Balaban J connectivity index is 2.56. The minimum Gasteiger partial charge on any atom is -0.465 e. The number of ether oxygens (including phenoxy) is 3. The number of hydrogen-bond acceptors (Lipinski definition) is 4. The molecule has 1 heterocycles. The van der Waals surface area contributed by atoms with Crippen molar-refractivity contribution in [3.63, 3.8) is 0 Å². The third kappa shape index (κ3) is 1.82. The number of fused-ring (bicyclic) bond motifs is 1. The predicted molar refractivity (Wildman–Crippen MR) is 54.1 cm³/mol. The second kappa shape index (κ2) is 3.73. The third-order valence-electron chi connectivity index (χ3n) is 2.22. The van der Waals surface area contributed by atoms with Gasteiger partial charge in [0.1, 0.15) is 0 Å². The summed E-state index contributed by atoms with van der Waals surface area (Å²) in [5.74, 6) is -1.02. The summed E-state index contributed by atoms with van der Waals surface area (Å²) in [4.78, 5) is 11.4. The summed E-state index contributed by atoms with van der Waals surface area (Å²) in [6, 6.07) is 2.53. The molecule has 2 rings (SSSR count). The van der Waals surface area contributed by atoms with Gasteiger partial charge in [0.2, 0.25) is 0 Å². The van der Waals surface area contributed by atoms with Crippen LogP contribution < -0.4 is 9.47 Å². The van der Waals surface area contributed by atoms with E-state index in [2.05, 4.69) is 20.8 Å². The first kappa shape index (κ1) is 11.4. The van der Waals surface area contributed by atoms with Crippen LogP contribution in [0.25, 0.3) is 6.08 Å². The Morgan fingerprint density at radius 1 is 1.47 bits per heavy atom. The molecule has 0 fully saturated rings. The van der Waals surface area contributed by atoms with E-state index in [4.69, 9.17) is 0 Å². The largest absolute Gasteiger partial charge is 0.586 e. The number of carbonyl (C=O) groups is 1. The summed E-state index contributed by atoms with van der Waals surface area (Å²) in [5.41, 5.74) is 0.203. The van der Waals surface area contributed by atoms with Crippen molar-refractivity contribution in [3.8, 4) is 11.5 Å². The first-order valence-electron chi connectivity index (χ1n) is 4.62. The van der Waals surface area contributed by atoms with Gasteiger partial charge >= 0.3 is 12.3 Å². The van der Waals surface area contributed by atoms with Crippen molar-refractivity contribution in [3.05, 3.63) is 29.8 Å². The topological polar surface area (TPSA) is 44.8 Å². The van der Waals surface area contributed by atoms with Gasteiger partial charge in [-0.05, 0) is 12.1 Å². The lowest BCUT2D eigenvalue weighted by molar-refractivity contribution is -0.286. The quantitative estimate of drug-likeness (QED) is 0.747. The van der Waals surface area contributed by atoms with Gasteiger partial charge in [-0.2, -0.15) is 0 Å². The smallest absolute Gasteiger partial charge is 0.465 e. The molecule has 0 atom stereocenters. The Bertz CT molecular complexity index is 496. The average molecular weight is 242 g/mol. The maximum Gasteiger partial charge on any atom is 0.586 e. The van der Waals surface area contributed by atoms with E-state index in [0.717, 1.165) is 0 Å². The van der Waals surface area contributed by atoms with Gasteiger partial charge in [0.25, 0.3) is 0 Å². The first-order valence-corrected chi connectivity index (χ1v) is 4.62. The molecule has 0 amide bonds. The van der Waals surface area contributed by atoms with Crippen LogP contribution in [0.15, 0.2) is 18.7 Å². The molecule has 4 nitrogen and oxygen atoms in total. The minimum atomic E-state index is -3.73. The zero-order valence-corrected chi connectivity index (χ0v) is 8.83. The molecular weight excluding hydrogens is 234 g/mol. The molecule has 0 bridgehead atoms. The Morgan fingerprint density at radius 3 is 2.76 bits per heavy atom. The highest BCUT2D eigenvalue weighted by Gasteiger charge is 2.45. The Kier molecular flexibility index (Phi) is 2.49. The van der Waals surface area contributed by atoms with Crippen LogP contribution in [-0.4, -0.2) is 19.4 Å². The van der Waals surface area contributed by atoms with Crippen molar-refractivity contribution in [2.24, 2.45) is 0 Å². The van der Waals surface area contributed by atoms with E-state index in [-0.39, 0.29) is 22.6 Å². The van der Waals surface area contributed by atoms with Crippen LogP contribution >= 0.6 is 0 Å². The van der Waals surface area contributed by atoms with Gasteiger partial charge in [0.15, 0.2) is 11.5 Å². The summed E-state index contributed by atoms with van der Waals surface area (Å²) < 4.78 is 38.8. The zero-order valence-electron chi connectivity index (χ0n) is 8.83. The standard InChI is InChI=1S/C11H8F2O4/c1-3-6-7(10(14)15-2)4-5-8-9(6)17-11(12,13)16-8/h3-5H,1H2,2H3. The van der Waals surface area contributed by atoms with Crippen LogP contribution in [0.1, 0.15) is 15.9 Å². The summed E-state index contributed by atoms with van der Waals surface area (Å²) in [6.45, 7) is 3.45. The molecular formula is C11H8F2O4. The molecule has 0 N–H and O–H groups in total. The zero-order chi connectivity index (χ0) is 12.6. The lowest BCUT2D eigenvalue weighted by Crippen LogP contribution is -2.26. The number of benzene rings is 1. The van der Waals surface area contributed by atoms with E-state index < -0.39 is 12.3 Å². The molecule has 0 aliphatic carbocycles. The van der Waals surface area contributed by atoms with Gasteiger partial charge in [-0.3, -0.25) is 0 Å². The van der Waals surface area contributed by atoms with E-state index in [0.29, 0.717) is 0 Å². The molecule has 1 aliphatic heterocycles. The van der Waals surface area contributed by atoms with Gasteiger partial charge in [0.05, 0.1) is 12.7 Å². The van der Waals surface area contributed by atoms with Crippen LogP contribution in [0.4, 0.5) is 8.78 Å². The van der Waals surface area contributed by atoms with E-state index in [1.165, 1.54) is 25.3 Å². The number of methoxy groups -OCH3 is 1. The van der Waals surface area contributed by atoms with E-state index in [1.54, 1.807) is 0 Å². The molecule has 0 spiro atoms. The molecule has 0 saturated heterocycles. The molecule has 1 aromatic rings. The Labute approximate surface area is 95.4 Å². The molecule has 6 heteroatoms. The van der Waals surface area contributed by atoms with Crippen LogP contribution in [0.3, 0.4) is 0 Å². The van der Waals surface area contributed by atoms with Crippen LogP contribution in [0, 0.1) is 0 Å². The van der Waals surface area contributed by atoms with E-state index >= 15 is 0 Å². The molecule has 0 saturated carbocycles. The van der Waals surface area contributed by atoms with E-state index in [1.807, 2.05) is 0 Å². The van der Waals surface area contributed by atoms with Crippen LogP contribution in [0.5, 0.6) is 11.5 Å². The molecule has 90 valence electrons. The number of rotatable bonds is 2. The maximum atomic E-state index is 12.9. The highest BCUT2D eigenvalue weighted by atomic mass is 19.3. The number of alkyl halides is 2. The van der Waals surface area contributed by atoms with Crippen LogP contribution in [-0.2, 0) is 4.74 Å². The van der Waals surface area contributed by atoms with Gasteiger partial charge in [-0.15, -0.1) is 8.78 Å². The summed E-state index contributed by atoms with van der Waals surface area (Å²) in [5, 5.41) is 0.